The quantitative estimate of drug-likeness (QED) is 0.0325. The fraction of sp³-hybridized carbons (Fsp3) is 0.800. The van der Waals surface area contributed by atoms with Gasteiger partial charge in [-0.15, -0.1) is 0 Å². The number of esters is 1. The number of allylic oxidation sites excluding steroid dienone is 8. The Bertz CT molecular complexity index is 972. The predicted molar refractivity (Wildman–Crippen MR) is 241 cm³/mol. The van der Waals surface area contributed by atoms with Crippen LogP contribution >= 0.6 is 0 Å². The van der Waals surface area contributed by atoms with Crippen LogP contribution in [0.25, 0.3) is 0 Å². The van der Waals surface area contributed by atoms with Crippen LogP contribution in [0.5, 0.6) is 0 Å². The number of aliphatic hydroxyl groups excluding tert-OH is 2. The molecule has 0 aromatic heterocycles. The first-order chi connectivity index (χ1) is 27.5. The number of ether oxygens (including phenoxy) is 1. The van der Waals surface area contributed by atoms with E-state index in [1.807, 2.05) is 0 Å². The molecule has 0 aromatic rings. The molecule has 3 unspecified atom stereocenters. The number of nitrogens with one attached hydrogen (secondary N) is 1. The van der Waals surface area contributed by atoms with Crippen LogP contribution in [-0.2, 0) is 14.3 Å². The minimum Gasteiger partial charge on any atom is -0.462 e. The van der Waals surface area contributed by atoms with Crippen molar-refractivity contribution in [3.63, 3.8) is 0 Å². The highest BCUT2D eigenvalue weighted by molar-refractivity contribution is 5.77. The van der Waals surface area contributed by atoms with Crippen LogP contribution in [0.2, 0.25) is 0 Å². The van der Waals surface area contributed by atoms with Gasteiger partial charge in [0.05, 0.1) is 25.2 Å². The van der Waals surface area contributed by atoms with Gasteiger partial charge in [0.15, 0.2) is 0 Å². The molecule has 3 atom stereocenters. The van der Waals surface area contributed by atoms with E-state index in [9.17, 15) is 19.8 Å². The molecule has 6 heteroatoms. The van der Waals surface area contributed by atoms with Gasteiger partial charge in [0.25, 0.3) is 0 Å². The fourth-order valence-electron chi connectivity index (χ4n) is 7.07. The molecule has 0 heterocycles. The molecule has 0 aliphatic carbocycles. The lowest BCUT2D eigenvalue weighted by Gasteiger charge is -2.24. The number of aliphatic hydroxyl groups is 2. The Labute approximate surface area is 346 Å². The van der Waals surface area contributed by atoms with Crippen LogP contribution in [0, 0.1) is 0 Å². The van der Waals surface area contributed by atoms with Gasteiger partial charge >= 0.3 is 5.97 Å². The van der Waals surface area contributed by atoms with E-state index in [4.69, 9.17) is 4.74 Å². The highest BCUT2D eigenvalue weighted by atomic mass is 16.5. The zero-order chi connectivity index (χ0) is 41.0. The third-order valence-corrected chi connectivity index (χ3v) is 10.7. The maximum absolute atomic E-state index is 13.1. The van der Waals surface area contributed by atoms with Gasteiger partial charge in [0, 0.05) is 6.42 Å². The fourth-order valence-corrected chi connectivity index (χ4v) is 7.07. The highest BCUT2D eigenvalue weighted by Crippen LogP contribution is 2.17. The van der Waals surface area contributed by atoms with Crippen molar-refractivity contribution in [2.75, 3.05) is 6.61 Å². The molecule has 6 nitrogen and oxygen atoms in total. The summed E-state index contributed by atoms with van der Waals surface area (Å²) in [5, 5.41) is 23.6. The van der Waals surface area contributed by atoms with Gasteiger partial charge in [0.2, 0.25) is 5.91 Å². The second-order valence-corrected chi connectivity index (χ2v) is 16.1. The third kappa shape index (κ3) is 38.7. The summed E-state index contributed by atoms with van der Waals surface area (Å²) in [5.41, 5.74) is 0. The average molecular weight is 786 g/mol. The Balaban J connectivity index is 4.67. The van der Waals surface area contributed by atoms with E-state index in [0.717, 1.165) is 77.0 Å². The minimum absolute atomic E-state index is 0.0416. The van der Waals surface area contributed by atoms with E-state index in [0.29, 0.717) is 19.3 Å². The van der Waals surface area contributed by atoms with Crippen molar-refractivity contribution in [3.05, 3.63) is 48.6 Å². The third-order valence-electron chi connectivity index (χ3n) is 10.7. The SMILES string of the molecule is CC/C=C/C/C=C/C/C=C/C/C=C/CCCC(CC(=O)NC(CO)C(O)CCCCCCCCCCC)OC(=O)CCCCCCCCCCCCCCCC. The van der Waals surface area contributed by atoms with Gasteiger partial charge in [-0.05, 0) is 57.8 Å². The van der Waals surface area contributed by atoms with Crippen LogP contribution in [-0.4, -0.2) is 46.9 Å². The van der Waals surface area contributed by atoms with E-state index in [1.165, 1.54) is 109 Å². The average Bonchev–Trinajstić information content (AvgIpc) is 3.19. The molecule has 56 heavy (non-hydrogen) atoms. The van der Waals surface area contributed by atoms with Gasteiger partial charge < -0.3 is 20.3 Å². The van der Waals surface area contributed by atoms with Gasteiger partial charge in [-0.3, -0.25) is 9.59 Å². The van der Waals surface area contributed by atoms with E-state index >= 15 is 0 Å². The monoisotopic (exact) mass is 786 g/mol. The van der Waals surface area contributed by atoms with Crippen molar-refractivity contribution in [3.8, 4) is 0 Å². The summed E-state index contributed by atoms with van der Waals surface area (Å²) in [6, 6.07) is -0.715. The number of amides is 1. The number of carbonyl (C=O) groups is 2. The zero-order valence-corrected chi connectivity index (χ0v) is 37.0. The smallest absolute Gasteiger partial charge is 0.306 e. The molecule has 0 radical (unpaired) electrons. The van der Waals surface area contributed by atoms with Crippen molar-refractivity contribution >= 4 is 11.9 Å². The molecule has 0 aliphatic rings. The first-order valence-electron chi connectivity index (χ1n) is 23.9. The minimum atomic E-state index is -0.798. The topological polar surface area (TPSA) is 95.9 Å². The van der Waals surface area contributed by atoms with Gasteiger partial charge in [0.1, 0.15) is 6.10 Å². The number of unbranched alkanes of at least 4 members (excludes halogenated alkanes) is 22. The Morgan fingerprint density at radius 3 is 1.43 bits per heavy atom. The Kier molecular flexibility index (Phi) is 42.2. The summed E-state index contributed by atoms with van der Waals surface area (Å²) in [5.74, 6) is -0.525. The van der Waals surface area contributed by atoms with E-state index in [2.05, 4.69) is 74.7 Å². The van der Waals surface area contributed by atoms with Gasteiger partial charge in [-0.25, -0.2) is 0 Å². The summed E-state index contributed by atoms with van der Waals surface area (Å²) >= 11 is 0. The van der Waals surface area contributed by atoms with Crippen LogP contribution in [0.4, 0.5) is 0 Å². The summed E-state index contributed by atoms with van der Waals surface area (Å²) in [6.07, 6.45) is 51.8. The Morgan fingerprint density at radius 1 is 0.536 bits per heavy atom. The molecule has 0 rings (SSSR count). The predicted octanol–water partition coefficient (Wildman–Crippen LogP) is 13.9. The molecule has 3 N–H and O–H groups in total. The normalized spacial score (nSPS) is 13.7. The van der Waals surface area contributed by atoms with Crippen LogP contribution < -0.4 is 5.32 Å². The highest BCUT2D eigenvalue weighted by Gasteiger charge is 2.24. The molecule has 0 saturated heterocycles. The molecule has 326 valence electrons. The summed E-state index contributed by atoms with van der Waals surface area (Å²) in [7, 11) is 0. The van der Waals surface area contributed by atoms with E-state index in [1.54, 1.807) is 0 Å². The van der Waals surface area contributed by atoms with Crippen molar-refractivity contribution in [2.24, 2.45) is 0 Å². The molecule has 0 aromatic carbocycles. The maximum atomic E-state index is 13.1. The Morgan fingerprint density at radius 2 is 0.964 bits per heavy atom. The van der Waals surface area contributed by atoms with Crippen molar-refractivity contribution in [1.82, 2.24) is 5.32 Å². The van der Waals surface area contributed by atoms with Crippen molar-refractivity contribution in [2.45, 2.75) is 251 Å². The molecule has 0 bridgehead atoms. The standard InChI is InChI=1S/C50H91NO5/c1-4-7-10-13-16-19-21-23-25-27-30-32-35-38-41-46(56-50(55)43-40-37-34-31-28-26-24-22-20-17-14-11-8-5-2)44-49(54)51-47(45-52)48(53)42-39-36-33-29-18-15-12-9-6-3/h7,10,16,19,23,25,30,32,46-48,52-53H,4-6,8-9,11-15,17-18,20-22,24,26-29,31,33-45H2,1-3H3,(H,51,54)/b10-7+,19-16+,25-23+,32-30+. The maximum Gasteiger partial charge on any atom is 0.306 e. The van der Waals surface area contributed by atoms with Crippen LogP contribution in [0.15, 0.2) is 48.6 Å². The van der Waals surface area contributed by atoms with Crippen molar-refractivity contribution < 1.29 is 24.5 Å². The van der Waals surface area contributed by atoms with Crippen molar-refractivity contribution in [1.29, 1.82) is 0 Å². The Hall–Kier alpha value is -2.18. The number of carbonyl (C=O) groups excluding carboxylic acids is 2. The second kappa shape index (κ2) is 43.9. The molecule has 1 amide bonds. The lowest BCUT2D eigenvalue weighted by molar-refractivity contribution is -0.151. The van der Waals surface area contributed by atoms with Crippen LogP contribution in [0.1, 0.15) is 233 Å². The van der Waals surface area contributed by atoms with Crippen LogP contribution in [0.3, 0.4) is 0 Å². The first kappa shape index (κ1) is 53.8. The molecule has 0 saturated carbocycles. The molecule has 0 aliphatic heterocycles. The largest absolute Gasteiger partial charge is 0.462 e. The lowest BCUT2D eigenvalue weighted by atomic mass is 10.0. The first-order valence-corrected chi connectivity index (χ1v) is 23.9. The number of hydrogen-bond donors (Lipinski definition) is 3. The molecule has 0 spiro atoms. The van der Waals surface area contributed by atoms with E-state index < -0.39 is 18.2 Å². The summed E-state index contributed by atoms with van der Waals surface area (Å²) in [6.45, 7) is 6.33. The van der Waals surface area contributed by atoms with Gasteiger partial charge in [-0.1, -0.05) is 211 Å². The summed E-state index contributed by atoms with van der Waals surface area (Å²) in [4.78, 5) is 26.0. The number of rotatable bonds is 42. The lowest BCUT2D eigenvalue weighted by Crippen LogP contribution is -2.46. The van der Waals surface area contributed by atoms with E-state index in [-0.39, 0.29) is 24.9 Å². The zero-order valence-electron chi connectivity index (χ0n) is 37.0. The molecular weight excluding hydrogens is 695 g/mol. The molecular formula is C50H91NO5. The van der Waals surface area contributed by atoms with Gasteiger partial charge in [-0.2, -0.15) is 0 Å². The second-order valence-electron chi connectivity index (χ2n) is 16.1. The molecule has 0 fully saturated rings. The summed E-state index contributed by atoms with van der Waals surface area (Å²) < 4.78 is 5.89. The number of hydrogen-bond acceptors (Lipinski definition) is 5.